The third-order valence-electron chi connectivity index (χ3n) is 17.2. The fourth-order valence-corrected chi connectivity index (χ4v) is 13.6. The Bertz CT molecular complexity index is 4860. The Hall–Kier alpha value is -10.5. The zero-order valence-corrected chi connectivity index (χ0v) is 44.4. The number of fused-ring (bicyclic) bond motifs is 9. The maximum atomic E-state index is 2.42. The van der Waals surface area contributed by atoms with Gasteiger partial charge in [-0.2, -0.15) is 0 Å². The van der Waals surface area contributed by atoms with Gasteiger partial charge in [-0.05, 0) is 156 Å². The molecule has 0 aliphatic heterocycles. The second-order valence-electron chi connectivity index (χ2n) is 21.5. The van der Waals surface area contributed by atoms with Gasteiger partial charge in [0, 0.05) is 32.9 Å². The van der Waals surface area contributed by atoms with Crippen molar-refractivity contribution in [3.05, 3.63) is 338 Å². The van der Waals surface area contributed by atoms with Crippen LogP contribution in [0.1, 0.15) is 22.3 Å². The molecule has 0 bridgehead atoms. The van der Waals surface area contributed by atoms with Gasteiger partial charge in [-0.15, -0.1) is 0 Å². The zero-order chi connectivity index (χ0) is 53.4. The Labute approximate surface area is 471 Å². The van der Waals surface area contributed by atoms with Crippen LogP contribution in [-0.4, -0.2) is 9.13 Å². The minimum Gasteiger partial charge on any atom is -0.309 e. The molecule has 0 N–H and O–H groups in total. The zero-order valence-electron chi connectivity index (χ0n) is 44.4. The number of benzene rings is 13. The highest BCUT2D eigenvalue weighted by atomic mass is 15.0. The molecule has 2 aromatic heterocycles. The van der Waals surface area contributed by atoms with Gasteiger partial charge >= 0.3 is 0 Å². The maximum Gasteiger partial charge on any atom is 0.0713 e. The summed E-state index contributed by atoms with van der Waals surface area (Å²) in [5.41, 5.74) is 26.4. The molecule has 2 nitrogen and oxygen atoms in total. The van der Waals surface area contributed by atoms with Crippen molar-refractivity contribution in [2.24, 2.45) is 0 Å². The summed E-state index contributed by atoms with van der Waals surface area (Å²) in [7, 11) is 0. The molecule has 13 aromatic carbocycles. The first-order valence-corrected chi connectivity index (χ1v) is 28.1. The largest absolute Gasteiger partial charge is 0.309 e. The standard InChI is InChI=1S/C79H52N2/c1-3-19-53(20-4-1)58-22-18-26-64(50-58)81-76-36-16-12-32-70(76)72-52-60(44-48-78(72)81)59-43-47-77-71(51-59)69-31-11-15-35-75(69)80(77)63-45-41-56(42-46-63)66-28-8-7-27-65(66)55-39-37-54(38-40-55)57-21-17-25-62(49-57)79(61-23-5-2-6-24-61)73-33-13-9-29-67(73)68-30-10-14-34-74(68)79/h1-52H. The monoisotopic (exact) mass is 1030 g/mol. The second-order valence-corrected chi connectivity index (χ2v) is 21.5. The summed E-state index contributed by atoms with van der Waals surface area (Å²) in [6.07, 6.45) is 0. The third kappa shape index (κ3) is 7.42. The first-order chi connectivity index (χ1) is 40.2. The lowest BCUT2D eigenvalue weighted by atomic mass is 9.67. The van der Waals surface area contributed by atoms with Crippen molar-refractivity contribution in [2.45, 2.75) is 5.41 Å². The predicted octanol–water partition coefficient (Wildman–Crippen LogP) is 20.6. The highest BCUT2D eigenvalue weighted by Gasteiger charge is 2.46. The molecule has 1 aliphatic carbocycles. The van der Waals surface area contributed by atoms with Crippen LogP contribution in [0.4, 0.5) is 0 Å². The average Bonchev–Trinajstić information content (AvgIpc) is 3.58. The van der Waals surface area contributed by atoms with Crippen molar-refractivity contribution in [1.29, 1.82) is 0 Å². The summed E-state index contributed by atoms with van der Waals surface area (Å²) < 4.78 is 4.83. The van der Waals surface area contributed by atoms with E-state index in [0.29, 0.717) is 0 Å². The van der Waals surface area contributed by atoms with Gasteiger partial charge in [-0.3, -0.25) is 0 Å². The minimum atomic E-state index is -0.441. The van der Waals surface area contributed by atoms with Gasteiger partial charge < -0.3 is 9.13 Å². The highest BCUT2D eigenvalue weighted by molar-refractivity contribution is 6.13. The van der Waals surface area contributed by atoms with E-state index >= 15 is 0 Å². The van der Waals surface area contributed by atoms with E-state index in [-0.39, 0.29) is 0 Å². The molecule has 378 valence electrons. The molecule has 0 radical (unpaired) electrons. The quantitative estimate of drug-likeness (QED) is 0.136. The first kappa shape index (κ1) is 46.5. The van der Waals surface area contributed by atoms with Crippen molar-refractivity contribution < 1.29 is 0 Å². The maximum absolute atomic E-state index is 2.42. The molecule has 2 heteroatoms. The van der Waals surface area contributed by atoms with Crippen molar-refractivity contribution in [2.75, 3.05) is 0 Å². The van der Waals surface area contributed by atoms with Crippen LogP contribution in [0.15, 0.2) is 315 Å². The Morgan fingerprint density at radius 2 is 0.580 bits per heavy atom. The van der Waals surface area contributed by atoms with Crippen LogP contribution in [0.5, 0.6) is 0 Å². The number of para-hydroxylation sites is 2. The molecule has 0 amide bonds. The molecule has 2 heterocycles. The lowest BCUT2D eigenvalue weighted by molar-refractivity contribution is 0.769. The van der Waals surface area contributed by atoms with E-state index < -0.39 is 5.41 Å². The van der Waals surface area contributed by atoms with Crippen LogP contribution < -0.4 is 0 Å². The SMILES string of the molecule is c1ccc(-c2cccc(-n3c4ccccc4c4cc(-c5ccc6c(c5)c5ccccc5n6-c5ccc(-c6ccccc6-c6ccc(-c7cccc(C8(c9ccccc9)c9ccccc9-c9ccccc98)c7)cc6)cc5)ccc43)c2)cc1. The number of rotatable bonds is 9. The molecular formula is C79H52N2. The van der Waals surface area contributed by atoms with E-state index in [0.717, 1.165) is 11.4 Å². The van der Waals surface area contributed by atoms with Crippen LogP contribution in [-0.2, 0) is 5.41 Å². The van der Waals surface area contributed by atoms with Gasteiger partial charge in [0.25, 0.3) is 0 Å². The van der Waals surface area contributed by atoms with Crippen LogP contribution in [0, 0.1) is 0 Å². The minimum absolute atomic E-state index is 0.441. The molecule has 0 saturated heterocycles. The summed E-state index contributed by atoms with van der Waals surface area (Å²) in [6.45, 7) is 0. The van der Waals surface area contributed by atoms with Crippen LogP contribution in [0.3, 0.4) is 0 Å². The Morgan fingerprint density at radius 1 is 0.198 bits per heavy atom. The summed E-state index contributed by atoms with van der Waals surface area (Å²) in [5.74, 6) is 0. The molecule has 0 saturated carbocycles. The molecule has 81 heavy (non-hydrogen) atoms. The number of hydrogen-bond donors (Lipinski definition) is 0. The normalized spacial score (nSPS) is 12.5. The fourth-order valence-electron chi connectivity index (χ4n) is 13.6. The van der Waals surface area contributed by atoms with Gasteiger partial charge in [-0.1, -0.05) is 249 Å². The molecule has 0 unspecified atom stereocenters. The molecule has 1 aliphatic rings. The molecule has 15 aromatic rings. The van der Waals surface area contributed by atoms with Gasteiger partial charge in [0.2, 0.25) is 0 Å². The van der Waals surface area contributed by atoms with Crippen LogP contribution in [0.2, 0.25) is 0 Å². The van der Waals surface area contributed by atoms with Gasteiger partial charge in [-0.25, -0.2) is 0 Å². The van der Waals surface area contributed by atoms with Gasteiger partial charge in [0.05, 0.1) is 27.5 Å². The second kappa shape index (κ2) is 18.8. The van der Waals surface area contributed by atoms with E-state index in [9.17, 15) is 0 Å². The van der Waals surface area contributed by atoms with E-state index in [1.807, 2.05) is 0 Å². The van der Waals surface area contributed by atoms with Crippen molar-refractivity contribution in [3.8, 4) is 78.1 Å². The van der Waals surface area contributed by atoms with Crippen molar-refractivity contribution in [1.82, 2.24) is 9.13 Å². The van der Waals surface area contributed by atoms with E-state index in [4.69, 9.17) is 0 Å². The van der Waals surface area contributed by atoms with E-state index in [2.05, 4.69) is 325 Å². The van der Waals surface area contributed by atoms with Crippen molar-refractivity contribution >= 4 is 43.6 Å². The first-order valence-electron chi connectivity index (χ1n) is 28.1. The third-order valence-corrected chi connectivity index (χ3v) is 17.2. The molecule has 0 fully saturated rings. The van der Waals surface area contributed by atoms with E-state index in [1.54, 1.807) is 0 Å². The summed E-state index contributed by atoms with van der Waals surface area (Å²) in [5, 5.41) is 4.96. The van der Waals surface area contributed by atoms with Crippen LogP contribution in [0.25, 0.3) is 122 Å². The number of hydrogen-bond acceptors (Lipinski definition) is 0. The lowest BCUT2D eigenvalue weighted by Crippen LogP contribution is -2.28. The van der Waals surface area contributed by atoms with Gasteiger partial charge in [0.15, 0.2) is 0 Å². The Balaban J connectivity index is 0.718. The number of aromatic nitrogens is 2. The fraction of sp³-hybridized carbons (Fsp3) is 0.0127. The smallest absolute Gasteiger partial charge is 0.0713 e. The summed E-state index contributed by atoms with van der Waals surface area (Å²) >= 11 is 0. The molecule has 16 rings (SSSR count). The predicted molar refractivity (Wildman–Crippen MR) is 340 cm³/mol. The average molecular weight is 1030 g/mol. The highest BCUT2D eigenvalue weighted by Crippen LogP contribution is 2.56. The molecular weight excluding hydrogens is 977 g/mol. The number of nitrogens with zero attached hydrogens (tertiary/aromatic N) is 2. The topological polar surface area (TPSA) is 9.86 Å². The van der Waals surface area contributed by atoms with E-state index in [1.165, 1.54) is 133 Å². The molecule has 0 atom stereocenters. The lowest BCUT2D eigenvalue weighted by Gasteiger charge is -2.34. The summed E-state index contributed by atoms with van der Waals surface area (Å²) in [6, 6.07) is 116. The van der Waals surface area contributed by atoms with Crippen LogP contribution >= 0.6 is 0 Å². The summed E-state index contributed by atoms with van der Waals surface area (Å²) in [4.78, 5) is 0. The van der Waals surface area contributed by atoms with Gasteiger partial charge in [0.1, 0.15) is 0 Å². The Morgan fingerprint density at radius 3 is 1.17 bits per heavy atom. The molecule has 0 spiro atoms. The Kier molecular flexibility index (Phi) is 10.8. The van der Waals surface area contributed by atoms with Crippen molar-refractivity contribution in [3.63, 3.8) is 0 Å².